The fourth-order valence-corrected chi connectivity index (χ4v) is 4.74. The van der Waals surface area contributed by atoms with Gasteiger partial charge in [-0.1, -0.05) is 6.92 Å². The van der Waals surface area contributed by atoms with Gasteiger partial charge in [-0.25, -0.2) is 14.4 Å². The topological polar surface area (TPSA) is 70.9 Å². The molecule has 8 heteroatoms. The molecule has 0 spiro atoms. The van der Waals surface area contributed by atoms with E-state index in [4.69, 9.17) is 4.98 Å². The molecule has 0 bridgehead atoms. The monoisotopic (exact) mass is 463 g/mol. The summed E-state index contributed by atoms with van der Waals surface area (Å²) in [7, 11) is 0. The average Bonchev–Trinajstić information content (AvgIpc) is 2.89. The lowest BCUT2D eigenvalue weighted by atomic mass is 9.95. The Morgan fingerprint density at radius 1 is 0.886 bits per heavy atom. The molecule has 0 N–H and O–H groups in total. The van der Waals surface area contributed by atoms with Gasteiger partial charge in [-0.15, -0.1) is 0 Å². The smallest absolute Gasteiger partial charge is 0.140 e. The Bertz CT molecular complexity index is 1450. The summed E-state index contributed by atoms with van der Waals surface area (Å²) in [5, 5.41) is 0.708. The zero-order valence-electron chi connectivity index (χ0n) is 19.1. The maximum atomic E-state index is 14.1. The molecule has 0 radical (unpaired) electrons. The summed E-state index contributed by atoms with van der Waals surface area (Å²) >= 11 is 0. The molecule has 5 heterocycles. The number of benzene rings is 1. The van der Waals surface area contributed by atoms with Crippen molar-refractivity contribution in [2.45, 2.75) is 19.4 Å². The molecular formula is C27H22FN7. The average molecular weight is 464 g/mol. The van der Waals surface area contributed by atoms with Gasteiger partial charge in [-0.05, 0) is 54.1 Å². The summed E-state index contributed by atoms with van der Waals surface area (Å²) in [6.45, 7) is 3.50. The maximum Gasteiger partial charge on any atom is 0.140 e. The Kier molecular flexibility index (Phi) is 5.25. The lowest BCUT2D eigenvalue weighted by molar-refractivity contribution is 0.615. The van der Waals surface area contributed by atoms with Crippen molar-refractivity contribution in [1.82, 2.24) is 24.9 Å². The van der Waals surface area contributed by atoms with Gasteiger partial charge in [-0.3, -0.25) is 15.0 Å². The van der Waals surface area contributed by atoms with E-state index in [9.17, 15) is 4.39 Å². The number of aromatic nitrogens is 5. The van der Waals surface area contributed by atoms with Crippen LogP contribution in [0.15, 0.2) is 85.8 Å². The predicted octanol–water partition coefficient (Wildman–Crippen LogP) is 5.55. The van der Waals surface area contributed by atoms with E-state index in [2.05, 4.69) is 42.7 Å². The summed E-state index contributed by atoms with van der Waals surface area (Å²) in [5.74, 6) is 0.608. The van der Waals surface area contributed by atoms with Gasteiger partial charge in [0.15, 0.2) is 0 Å². The lowest BCUT2D eigenvalue weighted by Gasteiger charge is -2.34. The molecule has 1 aliphatic heterocycles. The third kappa shape index (κ3) is 3.93. The fourth-order valence-electron chi connectivity index (χ4n) is 4.74. The van der Waals surface area contributed by atoms with Crippen molar-refractivity contribution in [2.24, 2.45) is 0 Å². The van der Waals surface area contributed by atoms with Crippen molar-refractivity contribution in [3.05, 3.63) is 103 Å². The highest BCUT2D eigenvalue weighted by molar-refractivity contribution is 5.89. The van der Waals surface area contributed by atoms with E-state index in [0.29, 0.717) is 11.9 Å². The molecule has 7 nitrogen and oxygen atoms in total. The number of hydrogen-bond acceptors (Lipinski definition) is 7. The summed E-state index contributed by atoms with van der Waals surface area (Å²) in [6, 6.07) is 14.6. The first kappa shape index (κ1) is 21.1. The molecule has 1 aromatic carbocycles. The van der Waals surface area contributed by atoms with Crippen LogP contribution in [0.3, 0.4) is 0 Å². The van der Waals surface area contributed by atoms with E-state index in [1.807, 2.05) is 42.9 Å². The van der Waals surface area contributed by atoms with Gasteiger partial charge in [-0.2, -0.15) is 0 Å². The van der Waals surface area contributed by atoms with Crippen molar-refractivity contribution in [3.8, 4) is 0 Å². The van der Waals surface area contributed by atoms with Crippen LogP contribution >= 0.6 is 0 Å². The highest BCUT2D eigenvalue weighted by Gasteiger charge is 2.27. The SMILES string of the molecule is CC1CN(c2ncnc3ccc(F)cc23)Cc2cc(N(c3cccnc3)c3cccnc3)cnc21. The first-order chi connectivity index (χ1) is 17.2. The van der Waals surface area contributed by atoms with Crippen LogP contribution < -0.4 is 9.80 Å². The van der Waals surface area contributed by atoms with Crippen molar-refractivity contribution in [3.63, 3.8) is 0 Å². The van der Waals surface area contributed by atoms with Crippen LogP contribution in [0.2, 0.25) is 0 Å². The Morgan fingerprint density at radius 2 is 1.66 bits per heavy atom. The van der Waals surface area contributed by atoms with Gasteiger partial charge in [0.05, 0.1) is 46.9 Å². The van der Waals surface area contributed by atoms with Crippen LogP contribution in [0.25, 0.3) is 10.9 Å². The standard InChI is InChI=1S/C27H22FN7/c1-18-15-34(27-24-11-20(28)6-7-25(24)32-17-33-27)16-19-10-23(14-31-26(18)19)35(21-4-2-8-29-12-21)22-5-3-9-30-13-22/h2-14,17-18H,15-16H2,1H3. The second-order valence-corrected chi connectivity index (χ2v) is 8.64. The third-order valence-corrected chi connectivity index (χ3v) is 6.25. The number of fused-ring (bicyclic) bond motifs is 2. The summed E-state index contributed by atoms with van der Waals surface area (Å²) in [5.41, 5.74) is 5.63. The van der Waals surface area contributed by atoms with Crippen LogP contribution in [0, 0.1) is 5.82 Å². The third-order valence-electron chi connectivity index (χ3n) is 6.25. The van der Waals surface area contributed by atoms with Crippen LogP contribution in [-0.4, -0.2) is 31.5 Å². The Morgan fingerprint density at radius 3 is 2.37 bits per heavy atom. The molecule has 0 amide bonds. The molecule has 0 aliphatic carbocycles. The largest absolute Gasteiger partial charge is 0.351 e. The molecule has 6 rings (SSSR count). The second-order valence-electron chi connectivity index (χ2n) is 8.64. The molecule has 172 valence electrons. The van der Waals surface area contributed by atoms with Gasteiger partial charge in [0.25, 0.3) is 0 Å². The molecule has 1 atom stereocenters. The minimum Gasteiger partial charge on any atom is -0.351 e. The van der Waals surface area contributed by atoms with Crippen LogP contribution in [0.1, 0.15) is 24.1 Å². The van der Waals surface area contributed by atoms with Gasteiger partial charge in [0, 0.05) is 36.8 Å². The van der Waals surface area contributed by atoms with E-state index < -0.39 is 0 Å². The zero-order valence-corrected chi connectivity index (χ0v) is 19.1. The molecule has 1 aliphatic rings. The molecular weight excluding hydrogens is 441 g/mol. The molecule has 5 aromatic rings. The van der Waals surface area contributed by atoms with Crippen molar-refractivity contribution in [2.75, 3.05) is 16.3 Å². The van der Waals surface area contributed by atoms with Gasteiger partial charge >= 0.3 is 0 Å². The molecule has 0 saturated heterocycles. The predicted molar refractivity (Wildman–Crippen MR) is 133 cm³/mol. The quantitative estimate of drug-likeness (QED) is 0.346. The van der Waals surface area contributed by atoms with Crippen molar-refractivity contribution < 1.29 is 4.39 Å². The van der Waals surface area contributed by atoms with E-state index in [1.165, 1.54) is 18.5 Å². The summed E-state index contributed by atoms with van der Waals surface area (Å²) < 4.78 is 14.1. The van der Waals surface area contributed by atoms with Crippen molar-refractivity contribution in [1.29, 1.82) is 0 Å². The fraction of sp³-hybridized carbons (Fsp3) is 0.148. The van der Waals surface area contributed by atoms with Gasteiger partial charge in [0.1, 0.15) is 18.0 Å². The van der Waals surface area contributed by atoms with E-state index >= 15 is 0 Å². The molecule has 4 aromatic heterocycles. The van der Waals surface area contributed by atoms with Gasteiger partial charge in [0.2, 0.25) is 0 Å². The maximum absolute atomic E-state index is 14.1. The van der Waals surface area contributed by atoms with Gasteiger partial charge < -0.3 is 9.80 Å². The van der Waals surface area contributed by atoms with Crippen LogP contribution in [0.5, 0.6) is 0 Å². The number of halogens is 1. The van der Waals surface area contributed by atoms with E-state index in [-0.39, 0.29) is 11.7 Å². The summed E-state index contributed by atoms with van der Waals surface area (Å²) in [4.78, 5) is 26.6. The van der Waals surface area contributed by atoms with E-state index in [0.717, 1.165) is 46.2 Å². The number of pyridine rings is 3. The minimum atomic E-state index is -0.299. The molecule has 1 unspecified atom stereocenters. The normalized spacial score (nSPS) is 15.1. The van der Waals surface area contributed by atoms with Crippen LogP contribution in [0.4, 0.5) is 27.3 Å². The molecule has 35 heavy (non-hydrogen) atoms. The highest BCUT2D eigenvalue weighted by Crippen LogP contribution is 2.37. The first-order valence-electron chi connectivity index (χ1n) is 11.4. The molecule has 0 saturated carbocycles. The number of hydrogen-bond donors (Lipinski definition) is 0. The minimum absolute atomic E-state index is 0.177. The summed E-state index contributed by atoms with van der Waals surface area (Å²) in [6.07, 6.45) is 10.6. The number of rotatable bonds is 4. The first-order valence-corrected chi connectivity index (χ1v) is 11.4. The second kappa shape index (κ2) is 8.72. The number of nitrogens with zero attached hydrogens (tertiary/aromatic N) is 7. The highest BCUT2D eigenvalue weighted by atomic mass is 19.1. The van der Waals surface area contributed by atoms with Crippen LogP contribution in [-0.2, 0) is 6.54 Å². The lowest BCUT2D eigenvalue weighted by Crippen LogP contribution is -2.34. The molecule has 0 fully saturated rings. The van der Waals surface area contributed by atoms with E-state index in [1.54, 1.807) is 18.5 Å². The zero-order chi connectivity index (χ0) is 23.8. The van der Waals surface area contributed by atoms with Crippen molar-refractivity contribution >= 4 is 33.8 Å². The Balaban J connectivity index is 1.43. The Labute approximate surface area is 202 Å². The Hall–Kier alpha value is -4.46. The number of anilines is 4.